The van der Waals surface area contributed by atoms with Crippen LogP contribution in [0.15, 0.2) is 24.3 Å². The predicted molar refractivity (Wildman–Crippen MR) is 83.5 cm³/mol. The molecule has 1 saturated carbocycles. The molecule has 0 aromatic heterocycles. The minimum atomic E-state index is 0.568. The molecule has 1 heteroatoms. The Bertz CT molecular complexity index is 362. The van der Waals surface area contributed by atoms with Gasteiger partial charge in [-0.2, -0.15) is 0 Å². The summed E-state index contributed by atoms with van der Waals surface area (Å²) < 4.78 is 0. The average Bonchev–Trinajstić information content (AvgIpc) is 2.98. The highest BCUT2D eigenvalue weighted by Crippen LogP contribution is 2.36. The standard InChI is InChI=1S/C18H29N/c1-4-14(3)15-10-12-17(13-11-15)18(19-5-2)16-8-6-7-9-16/h10-14,16,18-19H,4-9H2,1-3H3. The maximum atomic E-state index is 3.70. The molecular formula is C18H29N. The van der Waals surface area contributed by atoms with Crippen LogP contribution in [-0.4, -0.2) is 6.54 Å². The van der Waals surface area contributed by atoms with Gasteiger partial charge >= 0.3 is 0 Å². The summed E-state index contributed by atoms with van der Waals surface area (Å²) in [4.78, 5) is 0. The lowest BCUT2D eigenvalue weighted by molar-refractivity contribution is 0.374. The van der Waals surface area contributed by atoms with Gasteiger partial charge in [-0.1, -0.05) is 57.9 Å². The first kappa shape index (κ1) is 14.6. The molecule has 1 aliphatic carbocycles. The van der Waals surface area contributed by atoms with Crippen LogP contribution in [0.1, 0.15) is 76.0 Å². The molecular weight excluding hydrogens is 230 g/mol. The summed E-state index contributed by atoms with van der Waals surface area (Å²) in [6, 6.07) is 9.95. The first-order valence-corrected chi connectivity index (χ1v) is 8.09. The van der Waals surface area contributed by atoms with E-state index in [1.54, 1.807) is 0 Å². The fraction of sp³-hybridized carbons (Fsp3) is 0.667. The summed E-state index contributed by atoms with van der Waals surface area (Å²) in [5, 5.41) is 3.70. The molecule has 1 aromatic carbocycles. The van der Waals surface area contributed by atoms with Crippen LogP contribution in [0.25, 0.3) is 0 Å². The molecule has 1 nitrogen and oxygen atoms in total. The minimum absolute atomic E-state index is 0.568. The van der Waals surface area contributed by atoms with E-state index in [1.807, 2.05) is 0 Å². The van der Waals surface area contributed by atoms with E-state index in [2.05, 4.69) is 50.4 Å². The van der Waals surface area contributed by atoms with E-state index in [4.69, 9.17) is 0 Å². The molecule has 0 spiro atoms. The van der Waals surface area contributed by atoms with Crippen molar-refractivity contribution in [3.05, 3.63) is 35.4 Å². The quantitative estimate of drug-likeness (QED) is 0.754. The van der Waals surface area contributed by atoms with Gasteiger partial charge in [0, 0.05) is 6.04 Å². The SMILES string of the molecule is CCNC(c1ccc(C(C)CC)cc1)C1CCCC1. The highest BCUT2D eigenvalue weighted by Gasteiger charge is 2.25. The van der Waals surface area contributed by atoms with Crippen LogP contribution in [0.4, 0.5) is 0 Å². The van der Waals surface area contributed by atoms with Crippen molar-refractivity contribution in [1.82, 2.24) is 5.32 Å². The molecule has 0 saturated heterocycles. The first-order valence-electron chi connectivity index (χ1n) is 8.09. The van der Waals surface area contributed by atoms with Crippen molar-refractivity contribution in [2.24, 2.45) is 5.92 Å². The van der Waals surface area contributed by atoms with E-state index in [0.717, 1.165) is 12.5 Å². The van der Waals surface area contributed by atoms with Crippen LogP contribution < -0.4 is 5.32 Å². The zero-order valence-electron chi connectivity index (χ0n) is 12.8. The zero-order valence-corrected chi connectivity index (χ0v) is 12.8. The first-order chi connectivity index (χ1) is 9.26. The van der Waals surface area contributed by atoms with Gasteiger partial charge in [0.1, 0.15) is 0 Å². The van der Waals surface area contributed by atoms with Gasteiger partial charge in [0.15, 0.2) is 0 Å². The van der Waals surface area contributed by atoms with Crippen LogP contribution in [0.2, 0.25) is 0 Å². The molecule has 0 bridgehead atoms. The summed E-state index contributed by atoms with van der Waals surface area (Å²) in [5.41, 5.74) is 2.97. The largest absolute Gasteiger partial charge is 0.310 e. The normalized spacial score (nSPS) is 19.5. The molecule has 106 valence electrons. The van der Waals surface area contributed by atoms with E-state index < -0.39 is 0 Å². The molecule has 2 rings (SSSR count). The second-order valence-corrected chi connectivity index (χ2v) is 6.06. The van der Waals surface area contributed by atoms with Gasteiger partial charge in [-0.25, -0.2) is 0 Å². The lowest BCUT2D eigenvalue weighted by Crippen LogP contribution is -2.26. The number of hydrogen-bond donors (Lipinski definition) is 1. The van der Waals surface area contributed by atoms with Crippen LogP contribution >= 0.6 is 0 Å². The minimum Gasteiger partial charge on any atom is -0.310 e. The van der Waals surface area contributed by atoms with Crippen LogP contribution in [0.3, 0.4) is 0 Å². The average molecular weight is 259 g/mol. The molecule has 0 amide bonds. The van der Waals surface area contributed by atoms with Crippen molar-refractivity contribution in [2.45, 2.75) is 64.8 Å². The van der Waals surface area contributed by atoms with Gasteiger partial charge in [-0.3, -0.25) is 0 Å². The lowest BCUT2D eigenvalue weighted by atomic mass is 9.89. The van der Waals surface area contributed by atoms with E-state index >= 15 is 0 Å². The topological polar surface area (TPSA) is 12.0 Å². The van der Waals surface area contributed by atoms with Crippen molar-refractivity contribution in [1.29, 1.82) is 0 Å². The maximum absolute atomic E-state index is 3.70. The van der Waals surface area contributed by atoms with Gasteiger partial charge in [0.2, 0.25) is 0 Å². The third kappa shape index (κ3) is 3.60. The Morgan fingerprint density at radius 1 is 1.05 bits per heavy atom. The molecule has 0 radical (unpaired) electrons. The third-order valence-electron chi connectivity index (χ3n) is 4.77. The van der Waals surface area contributed by atoms with Crippen LogP contribution in [-0.2, 0) is 0 Å². The lowest BCUT2D eigenvalue weighted by Gasteiger charge is -2.25. The van der Waals surface area contributed by atoms with Crippen molar-refractivity contribution < 1.29 is 0 Å². The summed E-state index contributed by atoms with van der Waals surface area (Å²) in [5.74, 6) is 1.52. The molecule has 1 fully saturated rings. The van der Waals surface area contributed by atoms with Gasteiger partial charge in [-0.05, 0) is 48.8 Å². The van der Waals surface area contributed by atoms with Gasteiger partial charge in [0.05, 0.1) is 0 Å². The van der Waals surface area contributed by atoms with Crippen molar-refractivity contribution in [3.63, 3.8) is 0 Å². The Morgan fingerprint density at radius 3 is 2.16 bits per heavy atom. The number of nitrogens with one attached hydrogen (secondary N) is 1. The Morgan fingerprint density at radius 2 is 1.63 bits per heavy atom. The third-order valence-corrected chi connectivity index (χ3v) is 4.77. The summed E-state index contributed by atoms with van der Waals surface area (Å²) in [7, 11) is 0. The molecule has 19 heavy (non-hydrogen) atoms. The van der Waals surface area contributed by atoms with E-state index in [-0.39, 0.29) is 0 Å². The fourth-order valence-electron chi connectivity index (χ4n) is 3.33. The Hall–Kier alpha value is -0.820. The second-order valence-electron chi connectivity index (χ2n) is 6.06. The molecule has 2 unspecified atom stereocenters. The highest BCUT2D eigenvalue weighted by atomic mass is 14.9. The fourth-order valence-corrected chi connectivity index (χ4v) is 3.33. The molecule has 2 atom stereocenters. The van der Waals surface area contributed by atoms with Gasteiger partial charge in [0.25, 0.3) is 0 Å². The highest BCUT2D eigenvalue weighted by molar-refractivity contribution is 5.27. The monoisotopic (exact) mass is 259 g/mol. The number of hydrogen-bond acceptors (Lipinski definition) is 1. The van der Waals surface area contributed by atoms with E-state index in [0.29, 0.717) is 12.0 Å². The summed E-state index contributed by atoms with van der Waals surface area (Å²) >= 11 is 0. The molecule has 1 aliphatic rings. The molecule has 1 N–H and O–H groups in total. The second kappa shape index (κ2) is 7.09. The zero-order chi connectivity index (χ0) is 13.7. The molecule has 1 aromatic rings. The predicted octanol–water partition coefficient (Wildman–Crippen LogP) is 5.04. The van der Waals surface area contributed by atoms with Crippen LogP contribution in [0, 0.1) is 5.92 Å². The van der Waals surface area contributed by atoms with Crippen molar-refractivity contribution in [2.75, 3.05) is 6.54 Å². The van der Waals surface area contributed by atoms with E-state index in [9.17, 15) is 0 Å². The van der Waals surface area contributed by atoms with Crippen LogP contribution in [0.5, 0.6) is 0 Å². The van der Waals surface area contributed by atoms with Crippen molar-refractivity contribution in [3.8, 4) is 0 Å². The number of benzene rings is 1. The van der Waals surface area contributed by atoms with Gasteiger partial charge in [-0.15, -0.1) is 0 Å². The van der Waals surface area contributed by atoms with Crippen molar-refractivity contribution >= 4 is 0 Å². The molecule has 0 aliphatic heterocycles. The Kier molecular flexibility index (Phi) is 5.45. The van der Waals surface area contributed by atoms with E-state index in [1.165, 1.54) is 43.2 Å². The summed E-state index contributed by atoms with van der Waals surface area (Å²) in [6.45, 7) is 7.86. The van der Waals surface area contributed by atoms with Gasteiger partial charge < -0.3 is 5.32 Å². The molecule has 0 heterocycles. The Labute approximate surface area is 118 Å². The number of rotatable bonds is 6. The maximum Gasteiger partial charge on any atom is 0.0348 e. The summed E-state index contributed by atoms with van der Waals surface area (Å²) in [6.07, 6.45) is 6.84. The smallest absolute Gasteiger partial charge is 0.0348 e. The Balaban J connectivity index is 2.12.